The Bertz CT molecular complexity index is 955. The number of aromatic nitrogens is 1. The van der Waals surface area contributed by atoms with E-state index in [0.29, 0.717) is 12.1 Å². The Kier molecular flexibility index (Phi) is 4.90. The van der Waals surface area contributed by atoms with E-state index in [4.69, 9.17) is 0 Å². The summed E-state index contributed by atoms with van der Waals surface area (Å²) in [4.78, 5) is 16.3. The maximum absolute atomic E-state index is 12.5. The maximum Gasteiger partial charge on any atom is 0.253 e. The Morgan fingerprint density at radius 1 is 0.880 bits per heavy atom. The summed E-state index contributed by atoms with van der Waals surface area (Å²) in [6.07, 6.45) is 1.27. The van der Waals surface area contributed by atoms with E-state index in [1.54, 1.807) is 18.2 Å². The summed E-state index contributed by atoms with van der Waals surface area (Å²) in [6, 6.07) is 20.4. The first-order valence-corrected chi connectivity index (χ1v) is 9.14. The molecule has 1 heterocycles. The molecule has 1 amide bonds. The van der Waals surface area contributed by atoms with Gasteiger partial charge in [0.05, 0.1) is 10.5 Å². The van der Waals surface area contributed by atoms with Crippen LogP contribution in [0, 0.1) is 0 Å². The molecule has 126 valence electrons. The molecule has 0 aliphatic rings. The predicted octanol–water partition coefficient (Wildman–Crippen LogP) is 2.84. The Labute approximate surface area is 146 Å². The lowest BCUT2D eigenvalue weighted by Crippen LogP contribution is -2.23. The molecule has 0 aliphatic carbocycles. The third kappa shape index (κ3) is 3.92. The molecule has 0 fully saturated rings. The normalized spacial score (nSPS) is 11.0. The molecule has 0 aliphatic heterocycles. The highest BCUT2D eigenvalue weighted by Crippen LogP contribution is 2.18. The van der Waals surface area contributed by atoms with Crippen molar-refractivity contribution >= 4 is 15.7 Å². The summed E-state index contributed by atoms with van der Waals surface area (Å²) in [7, 11) is -3.68. The van der Waals surface area contributed by atoms with E-state index < -0.39 is 9.84 Å². The van der Waals surface area contributed by atoms with Crippen LogP contribution >= 0.6 is 0 Å². The number of carbonyl (C=O) groups is 1. The first-order chi connectivity index (χ1) is 12.1. The van der Waals surface area contributed by atoms with Crippen LogP contribution in [-0.2, 0) is 16.4 Å². The zero-order valence-corrected chi connectivity index (χ0v) is 14.1. The topological polar surface area (TPSA) is 76.1 Å². The number of carbonyl (C=O) groups excluding carboxylic acids is 1. The van der Waals surface area contributed by atoms with Crippen LogP contribution in [0.1, 0.15) is 15.9 Å². The summed E-state index contributed by atoms with van der Waals surface area (Å²) >= 11 is 0. The van der Waals surface area contributed by atoms with Gasteiger partial charge in [0.2, 0.25) is 9.84 Å². The third-order valence-corrected chi connectivity index (χ3v) is 5.31. The molecule has 3 rings (SSSR count). The molecule has 0 saturated heterocycles. The van der Waals surface area contributed by atoms with Gasteiger partial charge in [-0.25, -0.2) is 13.4 Å². The zero-order chi connectivity index (χ0) is 17.7. The van der Waals surface area contributed by atoms with E-state index in [0.717, 1.165) is 5.56 Å². The SMILES string of the molecule is O=C(NCc1ccccc1)c1ccc(S(=O)(=O)c2ccccc2)nc1. The van der Waals surface area contributed by atoms with E-state index >= 15 is 0 Å². The summed E-state index contributed by atoms with van der Waals surface area (Å²) in [5.41, 5.74) is 1.29. The monoisotopic (exact) mass is 352 g/mol. The van der Waals surface area contributed by atoms with E-state index in [-0.39, 0.29) is 15.8 Å². The van der Waals surface area contributed by atoms with Crippen molar-refractivity contribution in [3.05, 3.63) is 90.1 Å². The molecule has 0 saturated carbocycles. The van der Waals surface area contributed by atoms with Gasteiger partial charge in [0.15, 0.2) is 5.03 Å². The molecular weight excluding hydrogens is 336 g/mol. The van der Waals surface area contributed by atoms with Gasteiger partial charge >= 0.3 is 0 Å². The number of benzene rings is 2. The van der Waals surface area contributed by atoms with Crippen LogP contribution in [0.15, 0.2) is 88.9 Å². The van der Waals surface area contributed by atoms with Gasteiger partial charge < -0.3 is 5.32 Å². The van der Waals surface area contributed by atoms with Crippen LogP contribution in [0.3, 0.4) is 0 Å². The summed E-state index contributed by atoms with van der Waals surface area (Å²) < 4.78 is 24.9. The number of nitrogens with one attached hydrogen (secondary N) is 1. The van der Waals surface area contributed by atoms with Crippen molar-refractivity contribution in [2.24, 2.45) is 0 Å². The van der Waals surface area contributed by atoms with Crippen LogP contribution in [0.5, 0.6) is 0 Å². The molecule has 0 spiro atoms. The molecule has 0 atom stereocenters. The Hall–Kier alpha value is -2.99. The van der Waals surface area contributed by atoms with Crippen LogP contribution in [0.2, 0.25) is 0 Å². The van der Waals surface area contributed by atoms with Gasteiger partial charge in [-0.3, -0.25) is 4.79 Å². The number of hydrogen-bond acceptors (Lipinski definition) is 4. The lowest BCUT2D eigenvalue weighted by atomic mass is 10.2. The summed E-state index contributed by atoms with van der Waals surface area (Å²) in [5.74, 6) is -0.306. The molecule has 0 bridgehead atoms. The van der Waals surface area contributed by atoms with Gasteiger partial charge in [0.1, 0.15) is 0 Å². The van der Waals surface area contributed by atoms with Crippen LogP contribution in [0.4, 0.5) is 0 Å². The maximum atomic E-state index is 12.5. The second kappa shape index (κ2) is 7.27. The highest BCUT2D eigenvalue weighted by Gasteiger charge is 2.19. The molecule has 1 N–H and O–H groups in total. The molecular formula is C19H16N2O3S. The fourth-order valence-electron chi connectivity index (χ4n) is 2.27. The highest BCUT2D eigenvalue weighted by molar-refractivity contribution is 7.91. The van der Waals surface area contributed by atoms with Crippen LogP contribution in [-0.4, -0.2) is 19.3 Å². The second-order valence-corrected chi connectivity index (χ2v) is 7.27. The average Bonchev–Trinajstić information content (AvgIpc) is 2.68. The smallest absolute Gasteiger partial charge is 0.253 e. The first kappa shape index (κ1) is 16.9. The number of amides is 1. The second-order valence-electron chi connectivity index (χ2n) is 5.37. The van der Waals surface area contributed by atoms with Crippen LogP contribution in [0.25, 0.3) is 0 Å². The number of sulfone groups is 1. The van der Waals surface area contributed by atoms with Crippen LogP contribution < -0.4 is 5.32 Å². The molecule has 0 radical (unpaired) electrons. The van der Waals surface area contributed by atoms with E-state index in [9.17, 15) is 13.2 Å². The summed E-state index contributed by atoms with van der Waals surface area (Å²) in [5, 5.41) is 2.69. The standard InChI is InChI=1S/C19H16N2O3S/c22-19(21-13-15-7-3-1-4-8-15)16-11-12-18(20-14-16)25(23,24)17-9-5-2-6-10-17/h1-12,14H,13H2,(H,21,22). The lowest BCUT2D eigenvalue weighted by molar-refractivity contribution is 0.0950. The average molecular weight is 352 g/mol. The molecule has 6 heteroatoms. The van der Waals surface area contributed by atoms with Gasteiger partial charge in [-0.15, -0.1) is 0 Å². The van der Waals surface area contributed by atoms with E-state index in [2.05, 4.69) is 10.3 Å². The molecule has 2 aromatic carbocycles. The minimum atomic E-state index is -3.68. The minimum Gasteiger partial charge on any atom is -0.348 e. The van der Waals surface area contributed by atoms with Gasteiger partial charge in [0.25, 0.3) is 5.91 Å². The van der Waals surface area contributed by atoms with Gasteiger partial charge in [-0.05, 0) is 29.8 Å². The van der Waals surface area contributed by atoms with E-state index in [1.807, 2.05) is 30.3 Å². The first-order valence-electron chi connectivity index (χ1n) is 7.66. The largest absolute Gasteiger partial charge is 0.348 e. The van der Waals surface area contributed by atoms with Crippen molar-refractivity contribution in [1.82, 2.24) is 10.3 Å². The predicted molar refractivity (Wildman–Crippen MR) is 93.7 cm³/mol. The fraction of sp³-hybridized carbons (Fsp3) is 0.0526. The van der Waals surface area contributed by atoms with Crippen molar-refractivity contribution in [1.29, 1.82) is 0 Å². The van der Waals surface area contributed by atoms with E-state index in [1.165, 1.54) is 30.5 Å². The van der Waals surface area contributed by atoms with Gasteiger partial charge in [-0.1, -0.05) is 48.5 Å². The van der Waals surface area contributed by atoms with Crippen molar-refractivity contribution in [2.75, 3.05) is 0 Å². The van der Waals surface area contributed by atoms with Crippen molar-refractivity contribution in [3.8, 4) is 0 Å². The number of nitrogens with zero attached hydrogens (tertiary/aromatic N) is 1. The molecule has 3 aromatic rings. The molecule has 1 aromatic heterocycles. The van der Waals surface area contributed by atoms with Crippen molar-refractivity contribution in [2.45, 2.75) is 16.5 Å². The fourth-order valence-corrected chi connectivity index (χ4v) is 3.47. The van der Waals surface area contributed by atoms with Crippen molar-refractivity contribution < 1.29 is 13.2 Å². The van der Waals surface area contributed by atoms with Gasteiger partial charge in [0, 0.05) is 12.7 Å². The van der Waals surface area contributed by atoms with Gasteiger partial charge in [-0.2, -0.15) is 0 Å². The summed E-state index contributed by atoms with van der Waals surface area (Å²) in [6.45, 7) is 0.393. The Balaban J connectivity index is 1.73. The highest BCUT2D eigenvalue weighted by atomic mass is 32.2. The molecule has 25 heavy (non-hydrogen) atoms. The number of hydrogen-bond donors (Lipinski definition) is 1. The number of rotatable bonds is 5. The Morgan fingerprint density at radius 3 is 2.12 bits per heavy atom. The molecule has 5 nitrogen and oxygen atoms in total. The quantitative estimate of drug-likeness (QED) is 0.766. The minimum absolute atomic E-state index is 0.0849. The van der Waals surface area contributed by atoms with Crippen molar-refractivity contribution in [3.63, 3.8) is 0 Å². The lowest BCUT2D eigenvalue weighted by Gasteiger charge is -2.07. The third-order valence-electron chi connectivity index (χ3n) is 3.62. The number of pyridine rings is 1. The zero-order valence-electron chi connectivity index (χ0n) is 13.3. The Morgan fingerprint density at radius 2 is 1.52 bits per heavy atom. The molecule has 0 unspecified atom stereocenters.